The molecule has 40 heavy (non-hydrogen) atoms. The molecule has 0 aromatic heterocycles. The summed E-state index contributed by atoms with van der Waals surface area (Å²) in [5.41, 5.74) is -6.62. The summed E-state index contributed by atoms with van der Waals surface area (Å²) in [5.74, 6) is -22.7. The molecule has 0 aliphatic carbocycles. The Morgan fingerprint density at radius 1 is 0.450 bits per heavy atom. The van der Waals surface area contributed by atoms with E-state index in [0.717, 1.165) is 24.3 Å². The van der Waals surface area contributed by atoms with Gasteiger partial charge in [-0.1, -0.05) is 72.8 Å². The highest BCUT2D eigenvalue weighted by Gasteiger charge is 2.89. The van der Waals surface area contributed by atoms with Gasteiger partial charge >= 0.3 is 29.6 Å². The molecule has 0 saturated heterocycles. The van der Waals surface area contributed by atoms with E-state index in [1.54, 1.807) is 18.2 Å². The molecule has 5 aromatic carbocycles. The first kappa shape index (κ1) is 28.1. The SMILES string of the molecule is O=P(c1ccccc1)(c1cc2ccc3cccc4ccc(c1)c2c34)C(F)(F)C(F)(F)C(F)(F)C(F)(F)C(F)(F)F. The predicted octanol–water partition coefficient (Wildman–Crippen LogP) is 8.96. The summed E-state index contributed by atoms with van der Waals surface area (Å²) < 4.78 is 169. The summed E-state index contributed by atoms with van der Waals surface area (Å²) in [4.78, 5) is 0. The Morgan fingerprint density at radius 3 is 1.38 bits per heavy atom. The average molecular weight is 594 g/mol. The van der Waals surface area contributed by atoms with Gasteiger partial charge in [-0.3, -0.25) is 0 Å². The van der Waals surface area contributed by atoms with Gasteiger partial charge in [-0.15, -0.1) is 0 Å². The number of rotatable bonds is 6. The van der Waals surface area contributed by atoms with Gasteiger partial charge in [-0.2, -0.15) is 48.3 Å². The van der Waals surface area contributed by atoms with Crippen molar-refractivity contribution in [2.75, 3.05) is 0 Å². The van der Waals surface area contributed by atoms with Crippen molar-refractivity contribution in [3.63, 3.8) is 0 Å². The fraction of sp³-hybridized carbons (Fsp3) is 0.185. The first-order valence-corrected chi connectivity index (χ1v) is 13.0. The van der Waals surface area contributed by atoms with E-state index in [1.165, 1.54) is 30.3 Å². The number of halogens is 11. The first-order valence-electron chi connectivity index (χ1n) is 11.3. The molecule has 0 spiro atoms. The molecular weight excluding hydrogens is 580 g/mol. The van der Waals surface area contributed by atoms with Gasteiger partial charge < -0.3 is 4.57 Å². The number of hydrogen-bond acceptors (Lipinski definition) is 1. The standard InChI is InChI=1S/C27H14F11OP/c28-23(29,24(30,31)26(34,35)36)25(32,33)27(37,38)40(39,19-7-2-1-3-8-19)20-13-17-11-9-15-5-4-6-16-10-12-18(14-20)22(17)21(15)16/h1-14H. The largest absolute Gasteiger partial charge is 0.460 e. The second-order valence-electron chi connectivity index (χ2n) is 9.18. The van der Waals surface area contributed by atoms with Gasteiger partial charge in [-0.25, -0.2) is 0 Å². The van der Waals surface area contributed by atoms with Gasteiger partial charge in [0.1, 0.15) is 0 Å². The summed E-state index contributed by atoms with van der Waals surface area (Å²) in [6.45, 7) is 0. The van der Waals surface area contributed by atoms with Crippen LogP contribution in [0.3, 0.4) is 0 Å². The van der Waals surface area contributed by atoms with Gasteiger partial charge in [0.05, 0.1) is 0 Å². The van der Waals surface area contributed by atoms with Crippen molar-refractivity contribution >= 4 is 50.1 Å². The molecule has 13 heteroatoms. The maximum atomic E-state index is 15.7. The Hall–Kier alpha value is -3.40. The van der Waals surface area contributed by atoms with Crippen LogP contribution in [0.4, 0.5) is 48.3 Å². The third-order valence-corrected chi connectivity index (χ3v) is 9.93. The predicted molar refractivity (Wildman–Crippen MR) is 129 cm³/mol. The van der Waals surface area contributed by atoms with Gasteiger partial charge in [0, 0.05) is 10.6 Å². The summed E-state index contributed by atoms with van der Waals surface area (Å²) in [7, 11) is -6.45. The summed E-state index contributed by atoms with van der Waals surface area (Å²) in [6.07, 6.45) is -7.33. The zero-order valence-corrected chi connectivity index (χ0v) is 20.5. The minimum atomic E-state index is -7.69. The van der Waals surface area contributed by atoms with Gasteiger partial charge in [-0.05, 0) is 44.5 Å². The molecule has 0 aliphatic heterocycles. The zero-order chi connectivity index (χ0) is 29.5. The van der Waals surface area contributed by atoms with Crippen LogP contribution in [-0.2, 0) is 4.57 Å². The molecule has 1 unspecified atom stereocenters. The van der Waals surface area contributed by atoms with Gasteiger partial charge in [0.25, 0.3) is 0 Å². The lowest BCUT2D eigenvalue weighted by Crippen LogP contribution is -2.67. The van der Waals surface area contributed by atoms with Crippen molar-refractivity contribution in [1.82, 2.24) is 0 Å². The molecule has 1 nitrogen and oxygen atoms in total. The molecule has 5 rings (SSSR count). The number of benzene rings is 5. The second kappa shape index (κ2) is 8.55. The highest BCUT2D eigenvalue weighted by atomic mass is 31.2. The maximum absolute atomic E-state index is 15.7. The molecule has 5 aromatic rings. The number of alkyl halides is 11. The quantitative estimate of drug-likeness (QED) is 0.109. The lowest BCUT2D eigenvalue weighted by atomic mass is 9.94. The molecule has 0 radical (unpaired) electrons. The minimum absolute atomic E-state index is 0.0689. The first-order chi connectivity index (χ1) is 18.4. The van der Waals surface area contributed by atoms with Gasteiger partial charge in [0.2, 0.25) is 7.14 Å². The Balaban J connectivity index is 1.83. The summed E-state index contributed by atoms with van der Waals surface area (Å²) >= 11 is 0. The lowest BCUT2D eigenvalue weighted by Gasteiger charge is -2.40. The van der Waals surface area contributed by atoms with Crippen LogP contribution in [0.25, 0.3) is 32.3 Å². The van der Waals surface area contributed by atoms with Gasteiger partial charge in [0.15, 0.2) is 0 Å². The van der Waals surface area contributed by atoms with Crippen LogP contribution in [0.2, 0.25) is 0 Å². The Morgan fingerprint density at radius 2 is 0.900 bits per heavy atom. The van der Waals surface area contributed by atoms with Crippen molar-refractivity contribution in [3.05, 3.63) is 84.9 Å². The minimum Gasteiger partial charge on any atom is -0.307 e. The third-order valence-electron chi connectivity index (χ3n) is 6.85. The monoisotopic (exact) mass is 594 g/mol. The molecule has 0 bridgehead atoms. The molecule has 0 fully saturated rings. The van der Waals surface area contributed by atoms with Crippen LogP contribution >= 0.6 is 7.14 Å². The van der Waals surface area contributed by atoms with Crippen molar-refractivity contribution in [1.29, 1.82) is 0 Å². The zero-order valence-electron chi connectivity index (χ0n) is 19.6. The van der Waals surface area contributed by atoms with E-state index in [-0.39, 0.29) is 10.8 Å². The third kappa shape index (κ3) is 3.50. The van der Waals surface area contributed by atoms with Crippen LogP contribution in [0.5, 0.6) is 0 Å². The normalized spacial score (nSPS) is 15.7. The highest BCUT2D eigenvalue weighted by Crippen LogP contribution is 2.69. The fourth-order valence-electron chi connectivity index (χ4n) is 4.79. The van der Waals surface area contributed by atoms with E-state index in [1.807, 2.05) is 0 Å². The molecule has 1 atom stereocenters. The van der Waals surface area contributed by atoms with Crippen LogP contribution in [-0.4, -0.2) is 29.6 Å². The molecular formula is C27H14F11OP. The van der Waals surface area contributed by atoms with Crippen LogP contribution in [0.15, 0.2) is 84.9 Å². The average Bonchev–Trinajstić information content (AvgIpc) is 2.90. The van der Waals surface area contributed by atoms with E-state index >= 15 is 8.78 Å². The molecule has 0 N–H and O–H groups in total. The molecule has 210 valence electrons. The Kier molecular flexibility index (Phi) is 6.02. The summed E-state index contributed by atoms with van der Waals surface area (Å²) in [6, 6.07) is 16.8. The van der Waals surface area contributed by atoms with Crippen molar-refractivity contribution in [3.8, 4) is 0 Å². The van der Waals surface area contributed by atoms with Crippen molar-refractivity contribution < 1.29 is 52.9 Å². The smallest absolute Gasteiger partial charge is 0.307 e. The Labute approximate surface area is 217 Å². The molecule has 0 heterocycles. The highest BCUT2D eigenvalue weighted by molar-refractivity contribution is 7.79. The molecule has 0 aliphatic rings. The van der Waals surface area contributed by atoms with E-state index in [9.17, 15) is 44.1 Å². The lowest BCUT2D eigenvalue weighted by molar-refractivity contribution is -0.413. The van der Waals surface area contributed by atoms with Crippen molar-refractivity contribution in [2.24, 2.45) is 0 Å². The van der Waals surface area contributed by atoms with Crippen molar-refractivity contribution in [2.45, 2.75) is 29.6 Å². The van der Waals surface area contributed by atoms with Crippen LogP contribution in [0, 0.1) is 0 Å². The van der Waals surface area contributed by atoms with E-state index < -0.39 is 47.4 Å². The Bertz CT molecular complexity index is 1710. The second-order valence-corrected chi connectivity index (χ2v) is 12.0. The number of hydrogen-bond donors (Lipinski definition) is 0. The van der Waals surface area contributed by atoms with E-state index in [2.05, 4.69) is 0 Å². The molecule has 0 saturated carbocycles. The van der Waals surface area contributed by atoms with E-state index in [0.29, 0.717) is 33.7 Å². The maximum Gasteiger partial charge on any atom is 0.460 e. The van der Waals surface area contributed by atoms with E-state index in [4.69, 9.17) is 0 Å². The van der Waals surface area contributed by atoms with Crippen LogP contribution < -0.4 is 10.6 Å². The summed E-state index contributed by atoms with van der Waals surface area (Å²) in [5, 5.41) is 0.272. The van der Waals surface area contributed by atoms with Crippen LogP contribution in [0.1, 0.15) is 0 Å². The topological polar surface area (TPSA) is 17.1 Å². The fourth-order valence-corrected chi connectivity index (χ4v) is 7.51. The molecule has 0 amide bonds.